The van der Waals surface area contributed by atoms with Gasteiger partial charge in [0.15, 0.2) is 5.03 Å². The second-order valence-corrected chi connectivity index (χ2v) is 5.97. The fourth-order valence-corrected chi connectivity index (χ4v) is 2.09. The zero-order chi connectivity index (χ0) is 16.0. The van der Waals surface area contributed by atoms with Crippen LogP contribution in [0.2, 0.25) is 0 Å². The minimum Gasteiger partial charge on any atom is -0.445 e. The third-order valence-corrected chi connectivity index (χ3v) is 3.56. The van der Waals surface area contributed by atoms with Gasteiger partial charge in [-0.1, -0.05) is 36.4 Å². The van der Waals surface area contributed by atoms with Gasteiger partial charge >= 0.3 is 6.09 Å². The summed E-state index contributed by atoms with van der Waals surface area (Å²) in [6.07, 6.45) is 0.761. The Hall–Kier alpha value is -2.45. The Kier molecular flexibility index (Phi) is 5.08. The summed E-state index contributed by atoms with van der Waals surface area (Å²) < 4.78 is 27.2. The van der Waals surface area contributed by atoms with Crippen molar-refractivity contribution in [2.24, 2.45) is 5.14 Å². The van der Waals surface area contributed by atoms with Crippen LogP contribution in [0, 0.1) is 0 Å². The third kappa shape index (κ3) is 4.83. The molecule has 116 valence electrons. The standard InChI is InChI=1S/C14H15N3O4S/c15-22(19,20)13-7-6-12(8-16-13)9-17-14(18)21-10-11-4-2-1-3-5-11/h1-8H,9-10H2,(H,17,18)(H2,15,19,20). The van der Waals surface area contributed by atoms with E-state index >= 15 is 0 Å². The van der Waals surface area contributed by atoms with Crippen LogP contribution >= 0.6 is 0 Å². The van der Waals surface area contributed by atoms with Crippen LogP contribution in [-0.4, -0.2) is 19.5 Å². The number of nitrogens with zero attached hydrogens (tertiary/aromatic N) is 1. The van der Waals surface area contributed by atoms with Gasteiger partial charge in [0.05, 0.1) is 0 Å². The molecule has 2 aromatic rings. The molecule has 0 aliphatic rings. The Balaban J connectivity index is 1.81. The lowest BCUT2D eigenvalue weighted by atomic mass is 10.2. The van der Waals surface area contributed by atoms with Crippen molar-refractivity contribution in [2.45, 2.75) is 18.2 Å². The first-order chi connectivity index (χ1) is 10.4. The summed E-state index contributed by atoms with van der Waals surface area (Å²) in [4.78, 5) is 15.3. The fraction of sp³-hybridized carbons (Fsp3) is 0.143. The number of hydrogen-bond acceptors (Lipinski definition) is 5. The zero-order valence-corrected chi connectivity index (χ0v) is 12.4. The molecule has 1 aromatic carbocycles. The Labute approximate surface area is 128 Å². The van der Waals surface area contributed by atoms with Gasteiger partial charge in [-0.2, -0.15) is 0 Å². The molecule has 0 atom stereocenters. The van der Waals surface area contributed by atoms with Gasteiger partial charge in [-0.3, -0.25) is 0 Å². The molecule has 7 nitrogen and oxygen atoms in total. The molecular weight excluding hydrogens is 306 g/mol. The van der Waals surface area contributed by atoms with Crippen molar-refractivity contribution in [2.75, 3.05) is 0 Å². The normalized spacial score (nSPS) is 11.0. The van der Waals surface area contributed by atoms with Crippen LogP contribution in [0.1, 0.15) is 11.1 Å². The lowest BCUT2D eigenvalue weighted by Crippen LogP contribution is -2.23. The van der Waals surface area contributed by atoms with Gasteiger partial charge in [0.1, 0.15) is 6.61 Å². The van der Waals surface area contributed by atoms with Crippen molar-refractivity contribution in [3.8, 4) is 0 Å². The van der Waals surface area contributed by atoms with Crippen molar-refractivity contribution < 1.29 is 17.9 Å². The number of pyridine rings is 1. The molecular formula is C14H15N3O4S. The molecule has 1 aromatic heterocycles. The molecule has 0 saturated heterocycles. The van der Waals surface area contributed by atoms with Crippen LogP contribution in [0.4, 0.5) is 4.79 Å². The van der Waals surface area contributed by atoms with Crippen LogP contribution in [0.5, 0.6) is 0 Å². The van der Waals surface area contributed by atoms with Crippen LogP contribution in [0.25, 0.3) is 0 Å². The molecule has 0 aliphatic carbocycles. The second-order valence-electron chi connectivity index (χ2n) is 4.46. The largest absolute Gasteiger partial charge is 0.445 e. The number of alkyl carbamates (subject to hydrolysis) is 1. The van der Waals surface area contributed by atoms with E-state index in [1.807, 2.05) is 30.3 Å². The van der Waals surface area contributed by atoms with Crippen molar-refractivity contribution in [3.05, 3.63) is 59.8 Å². The van der Waals surface area contributed by atoms with E-state index in [0.29, 0.717) is 5.56 Å². The van der Waals surface area contributed by atoms with Crippen molar-refractivity contribution >= 4 is 16.1 Å². The van der Waals surface area contributed by atoms with Crippen LogP contribution < -0.4 is 10.5 Å². The topological polar surface area (TPSA) is 111 Å². The van der Waals surface area contributed by atoms with Crippen LogP contribution in [0.15, 0.2) is 53.7 Å². The van der Waals surface area contributed by atoms with Crippen molar-refractivity contribution in [3.63, 3.8) is 0 Å². The number of hydrogen-bond donors (Lipinski definition) is 2. The molecule has 0 aliphatic heterocycles. The van der Waals surface area contributed by atoms with Gasteiger partial charge in [0.25, 0.3) is 10.0 Å². The highest BCUT2D eigenvalue weighted by Gasteiger charge is 2.09. The lowest BCUT2D eigenvalue weighted by Gasteiger charge is -2.07. The number of carbonyl (C=O) groups excluding carboxylic acids is 1. The molecule has 0 saturated carbocycles. The summed E-state index contributed by atoms with van der Waals surface area (Å²) in [6.45, 7) is 0.348. The highest BCUT2D eigenvalue weighted by atomic mass is 32.2. The van der Waals surface area contributed by atoms with Crippen LogP contribution in [-0.2, 0) is 27.9 Å². The Morgan fingerprint density at radius 3 is 2.45 bits per heavy atom. The summed E-state index contributed by atoms with van der Waals surface area (Å²) in [7, 11) is -3.81. The van der Waals surface area contributed by atoms with E-state index in [2.05, 4.69) is 10.3 Å². The zero-order valence-electron chi connectivity index (χ0n) is 11.6. The van der Waals surface area contributed by atoms with Gasteiger partial charge in [-0.15, -0.1) is 0 Å². The molecule has 0 fully saturated rings. The van der Waals surface area contributed by atoms with Crippen LogP contribution in [0.3, 0.4) is 0 Å². The van der Waals surface area contributed by atoms with E-state index in [1.54, 1.807) is 0 Å². The molecule has 22 heavy (non-hydrogen) atoms. The molecule has 1 heterocycles. The summed E-state index contributed by atoms with van der Waals surface area (Å²) >= 11 is 0. The maximum absolute atomic E-state index is 11.5. The predicted octanol–water partition coefficient (Wildman–Crippen LogP) is 1.16. The van der Waals surface area contributed by atoms with Crippen molar-refractivity contribution in [1.82, 2.24) is 10.3 Å². The van der Waals surface area contributed by atoms with E-state index in [-0.39, 0.29) is 18.2 Å². The van der Waals surface area contributed by atoms with E-state index in [1.165, 1.54) is 18.3 Å². The number of rotatable bonds is 5. The number of nitrogens with two attached hydrogens (primary N) is 1. The van der Waals surface area contributed by atoms with Crippen molar-refractivity contribution in [1.29, 1.82) is 0 Å². The molecule has 0 spiro atoms. The molecule has 2 rings (SSSR count). The first-order valence-corrected chi connectivity index (χ1v) is 7.92. The van der Waals surface area contributed by atoms with Gasteiger partial charge in [-0.05, 0) is 17.2 Å². The maximum Gasteiger partial charge on any atom is 0.407 e. The Morgan fingerprint density at radius 1 is 1.14 bits per heavy atom. The highest BCUT2D eigenvalue weighted by molar-refractivity contribution is 7.89. The summed E-state index contributed by atoms with van der Waals surface area (Å²) in [6, 6.07) is 12.1. The number of amides is 1. The molecule has 3 N–H and O–H groups in total. The van der Waals surface area contributed by atoms with E-state index in [4.69, 9.17) is 9.88 Å². The number of nitrogens with one attached hydrogen (secondary N) is 1. The number of sulfonamides is 1. The third-order valence-electron chi connectivity index (χ3n) is 2.74. The fourth-order valence-electron chi connectivity index (χ4n) is 1.63. The Morgan fingerprint density at radius 2 is 1.86 bits per heavy atom. The van der Waals surface area contributed by atoms with Gasteiger partial charge < -0.3 is 10.1 Å². The smallest absolute Gasteiger partial charge is 0.407 e. The summed E-state index contributed by atoms with van der Waals surface area (Å²) in [5.74, 6) is 0. The number of benzene rings is 1. The average molecular weight is 321 g/mol. The highest BCUT2D eigenvalue weighted by Crippen LogP contribution is 2.05. The van der Waals surface area contributed by atoms with E-state index in [0.717, 1.165) is 5.56 Å². The Bertz CT molecular complexity index is 730. The molecule has 8 heteroatoms. The van der Waals surface area contributed by atoms with E-state index in [9.17, 15) is 13.2 Å². The molecule has 0 bridgehead atoms. The number of carbonyl (C=O) groups is 1. The summed E-state index contributed by atoms with van der Waals surface area (Å²) in [5, 5.41) is 7.27. The average Bonchev–Trinajstić information content (AvgIpc) is 2.51. The maximum atomic E-state index is 11.5. The number of aromatic nitrogens is 1. The second kappa shape index (κ2) is 7.01. The molecule has 0 radical (unpaired) electrons. The molecule has 1 amide bonds. The van der Waals surface area contributed by atoms with Gasteiger partial charge in [0.2, 0.25) is 0 Å². The SMILES string of the molecule is NS(=O)(=O)c1ccc(CNC(=O)OCc2ccccc2)cn1. The first-order valence-electron chi connectivity index (χ1n) is 6.37. The first kappa shape index (κ1) is 15.9. The molecule has 0 unspecified atom stereocenters. The number of ether oxygens (including phenoxy) is 1. The quantitative estimate of drug-likeness (QED) is 0.858. The minimum atomic E-state index is -3.81. The van der Waals surface area contributed by atoms with Gasteiger partial charge in [-0.25, -0.2) is 23.3 Å². The predicted molar refractivity (Wildman–Crippen MR) is 79.1 cm³/mol. The summed E-state index contributed by atoms with van der Waals surface area (Å²) in [5.41, 5.74) is 1.51. The lowest BCUT2D eigenvalue weighted by molar-refractivity contribution is 0.139. The van der Waals surface area contributed by atoms with E-state index < -0.39 is 16.1 Å². The monoisotopic (exact) mass is 321 g/mol. The minimum absolute atomic E-state index is 0.172. The van der Waals surface area contributed by atoms with Gasteiger partial charge in [0, 0.05) is 12.7 Å². The number of primary sulfonamides is 1.